The Bertz CT molecular complexity index is 987. The number of benzene rings is 2. The Morgan fingerprint density at radius 1 is 1.12 bits per heavy atom. The van der Waals surface area contributed by atoms with Crippen LogP contribution >= 0.6 is 0 Å². The van der Waals surface area contributed by atoms with Crippen molar-refractivity contribution < 1.29 is 31.1 Å². The van der Waals surface area contributed by atoms with Crippen molar-refractivity contribution >= 4 is 11.1 Å². The molecule has 0 aromatic heterocycles. The number of hydrogen-bond donors (Lipinski definition) is 1. The molecule has 1 heterocycles. The fourth-order valence-corrected chi connectivity index (χ4v) is 4.16. The zero-order valence-electron chi connectivity index (χ0n) is 18.9. The zero-order chi connectivity index (χ0) is 24.9. The third-order valence-electron chi connectivity index (χ3n) is 5.96. The third kappa shape index (κ3) is 7.49. The van der Waals surface area contributed by atoms with Gasteiger partial charge in [-0.25, -0.2) is 4.39 Å². The Morgan fingerprint density at radius 2 is 1.74 bits per heavy atom. The summed E-state index contributed by atoms with van der Waals surface area (Å²) < 4.78 is 77.5. The van der Waals surface area contributed by atoms with Crippen molar-refractivity contribution in [3.05, 3.63) is 64.5 Å². The Labute approximate surface area is 199 Å². The largest absolute Gasteiger partial charge is 0.773 e. The first-order valence-electron chi connectivity index (χ1n) is 11.2. The summed E-state index contributed by atoms with van der Waals surface area (Å²) in [7, 11) is 0. The maximum atomic E-state index is 14.3. The molecular weight excluding hydrogens is 472 g/mol. The predicted molar refractivity (Wildman–Crippen MR) is 121 cm³/mol. The molecule has 2 N–H and O–H groups in total. The highest BCUT2D eigenvalue weighted by Crippen LogP contribution is 2.43. The van der Waals surface area contributed by atoms with Gasteiger partial charge >= 0.3 is 6.18 Å². The molecule has 5 nitrogen and oxygen atoms in total. The number of nitrogens with two attached hydrogens (primary N) is 1. The van der Waals surface area contributed by atoms with Crippen LogP contribution in [0.1, 0.15) is 53.9 Å². The minimum absolute atomic E-state index is 0.112. The molecule has 1 atom stereocenters. The minimum Gasteiger partial charge on any atom is -0.773 e. The van der Waals surface area contributed by atoms with Gasteiger partial charge in [0, 0.05) is 31.7 Å². The van der Waals surface area contributed by atoms with Crippen LogP contribution < -0.4 is 10.5 Å². The lowest BCUT2D eigenvalue weighted by Crippen LogP contribution is -2.38. The van der Waals surface area contributed by atoms with Crippen molar-refractivity contribution in [2.75, 3.05) is 19.3 Å². The highest BCUT2D eigenvalue weighted by molar-refractivity contribution is 7.78. The Balaban J connectivity index is 0.000000751. The summed E-state index contributed by atoms with van der Waals surface area (Å²) in [6.45, 7) is 2.22. The van der Waals surface area contributed by atoms with Crippen LogP contribution in [0.3, 0.4) is 0 Å². The summed E-state index contributed by atoms with van der Waals surface area (Å²) in [5.74, 6) is 0.114. The van der Waals surface area contributed by atoms with E-state index in [2.05, 4.69) is 4.90 Å². The molecule has 0 amide bonds. The van der Waals surface area contributed by atoms with Gasteiger partial charge < -0.3 is 15.0 Å². The van der Waals surface area contributed by atoms with Gasteiger partial charge in [-0.3, -0.25) is 9.11 Å². The van der Waals surface area contributed by atoms with E-state index in [1.165, 1.54) is 17.7 Å². The van der Waals surface area contributed by atoms with E-state index in [0.29, 0.717) is 44.0 Å². The molecule has 2 aromatic rings. The molecule has 4 rings (SSSR count). The molecule has 188 valence electrons. The highest BCUT2D eigenvalue weighted by Gasteiger charge is 2.35. The smallest absolute Gasteiger partial charge is 0.419 e. The molecule has 2 fully saturated rings. The number of rotatable bonds is 6. The van der Waals surface area contributed by atoms with Crippen LogP contribution in [0, 0.1) is 5.82 Å². The Hall–Kier alpha value is -2.01. The maximum absolute atomic E-state index is 14.3. The summed E-state index contributed by atoms with van der Waals surface area (Å²) in [4.78, 5) is 2.22. The van der Waals surface area contributed by atoms with Gasteiger partial charge in [0.05, 0.1) is 5.56 Å². The number of nitrogens with zero attached hydrogens (tertiary/aromatic N) is 1. The van der Waals surface area contributed by atoms with Crippen LogP contribution in [0.5, 0.6) is 5.75 Å². The van der Waals surface area contributed by atoms with E-state index in [0.717, 1.165) is 30.7 Å². The van der Waals surface area contributed by atoms with Gasteiger partial charge in [-0.15, -0.1) is 0 Å². The Kier molecular flexibility index (Phi) is 9.08. The van der Waals surface area contributed by atoms with Crippen molar-refractivity contribution in [3.8, 4) is 5.75 Å². The average molecular weight is 502 g/mol. The minimum atomic E-state index is -4.43. The number of hydrogen-bond acceptors (Lipinski definition) is 5. The van der Waals surface area contributed by atoms with Crippen LogP contribution in [0.25, 0.3) is 0 Å². The van der Waals surface area contributed by atoms with E-state index >= 15 is 0 Å². The molecule has 1 aliphatic heterocycles. The van der Waals surface area contributed by atoms with E-state index in [-0.39, 0.29) is 24.2 Å². The number of alkyl halides is 3. The predicted octanol–water partition coefficient (Wildman–Crippen LogP) is 4.72. The van der Waals surface area contributed by atoms with Gasteiger partial charge in [0.1, 0.15) is 17.7 Å². The zero-order valence-corrected chi connectivity index (χ0v) is 19.8. The van der Waals surface area contributed by atoms with E-state index in [1.807, 2.05) is 6.07 Å². The molecule has 10 heteroatoms. The molecule has 0 spiro atoms. The lowest BCUT2D eigenvalue weighted by atomic mass is 9.98. The van der Waals surface area contributed by atoms with E-state index in [9.17, 15) is 17.6 Å². The van der Waals surface area contributed by atoms with Crippen molar-refractivity contribution in [2.24, 2.45) is 5.73 Å². The summed E-state index contributed by atoms with van der Waals surface area (Å²) in [6.07, 6.45) is -0.100. The van der Waals surface area contributed by atoms with E-state index < -0.39 is 22.8 Å². The highest BCUT2D eigenvalue weighted by atomic mass is 32.2. The first kappa shape index (κ1) is 26.6. The van der Waals surface area contributed by atoms with Crippen molar-refractivity contribution in [2.45, 2.75) is 57.0 Å². The summed E-state index contributed by atoms with van der Waals surface area (Å²) >= 11 is -1.86. The van der Waals surface area contributed by atoms with Gasteiger partial charge in [-0.05, 0) is 67.2 Å². The number of ether oxygens (including phenoxy) is 1. The Morgan fingerprint density at radius 3 is 2.29 bits per heavy atom. The van der Waals surface area contributed by atoms with Gasteiger partial charge in [0.25, 0.3) is 0 Å². The molecule has 2 aromatic carbocycles. The quantitative estimate of drug-likeness (QED) is 0.458. The van der Waals surface area contributed by atoms with E-state index in [1.54, 1.807) is 12.1 Å². The molecule has 34 heavy (non-hydrogen) atoms. The lowest BCUT2D eigenvalue weighted by molar-refractivity contribution is -0.139. The topological polar surface area (TPSA) is 78.6 Å². The SMILES string of the molecule is CS(=O)[O-].NCc1cc(C2CC2)c(CN2CCC(Oc3ccccc3C(F)(F)F)CC2)cc1F. The van der Waals surface area contributed by atoms with E-state index in [4.69, 9.17) is 19.2 Å². The van der Waals surface area contributed by atoms with Crippen LogP contribution in [0.15, 0.2) is 36.4 Å². The molecule has 1 unspecified atom stereocenters. The first-order chi connectivity index (χ1) is 16.1. The second-order valence-corrected chi connectivity index (χ2v) is 9.41. The molecule has 1 saturated heterocycles. The van der Waals surface area contributed by atoms with Crippen LogP contribution in [0.4, 0.5) is 17.6 Å². The summed E-state index contributed by atoms with van der Waals surface area (Å²) in [5.41, 5.74) is 7.65. The normalized spacial score (nSPS) is 18.2. The standard InChI is InChI=1S/C23H26F4N2O.CH4O2S/c24-21-12-17(19(15-5-6-15)11-16(21)13-28)14-29-9-7-18(8-10-29)30-22-4-2-1-3-20(22)23(25,26)27;1-4(2)3/h1-4,11-12,15,18H,5-10,13-14,28H2;1H3,(H,2,3)/p-1. The molecule has 1 aliphatic carbocycles. The monoisotopic (exact) mass is 501 g/mol. The molecular formula is C24H29F4N2O3S-. The van der Waals surface area contributed by atoms with Gasteiger partial charge in [-0.2, -0.15) is 13.2 Å². The average Bonchev–Trinajstić information content (AvgIpc) is 3.60. The molecule has 1 saturated carbocycles. The van der Waals surface area contributed by atoms with Gasteiger partial charge in [-0.1, -0.05) is 29.3 Å². The fourth-order valence-electron chi connectivity index (χ4n) is 4.16. The second-order valence-electron chi connectivity index (χ2n) is 8.61. The van der Waals surface area contributed by atoms with Gasteiger partial charge in [0.15, 0.2) is 0 Å². The number of piperidine rings is 1. The summed E-state index contributed by atoms with van der Waals surface area (Å²) in [5, 5.41) is 0. The molecule has 0 bridgehead atoms. The fraction of sp³-hybridized carbons (Fsp3) is 0.500. The maximum Gasteiger partial charge on any atom is 0.419 e. The first-order valence-corrected chi connectivity index (χ1v) is 12.6. The number of likely N-dealkylation sites (tertiary alicyclic amines) is 1. The molecule has 0 radical (unpaired) electrons. The van der Waals surface area contributed by atoms with Crippen molar-refractivity contribution in [1.82, 2.24) is 4.90 Å². The lowest BCUT2D eigenvalue weighted by Gasteiger charge is -2.33. The van der Waals surface area contributed by atoms with Crippen molar-refractivity contribution in [3.63, 3.8) is 0 Å². The second kappa shape index (κ2) is 11.6. The third-order valence-corrected chi connectivity index (χ3v) is 5.96. The van der Waals surface area contributed by atoms with Crippen molar-refractivity contribution in [1.29, 1.82) is 0 Å². The number of para-hydroxylation sites is 1. The molecule has 2 aliphatic rings. The summed E-state index contributed by atoms with van der Waals surface area (Å²) in [6, 6.07) is 8.86. The van der Waals surface area contributed by atoms with Crippen LogP contribution in [-0.2, 0) is 30.3 Å². The van der Waals surface area contributed by atoms with Crippen LogP contribution in [0.2, 0.25) is 0 Å². The van der Waals surface area contributed by atoms with Crippen LogP contribution in [-0.4, -0.2) is 39.1 Å². The number of halogens is 4. The van der Waals surface area contributed by atoms with Gasteiger partial charge in [0.2, 0.25) is 0 Å².